The Balaban J connectivity index is 1.46. The lowest BCUT2D eigenvalue weighted by Crippen LogP contribution is -2.17. The van der Waals surface area contributed by atoms with Crippen molar-refractivity contribution in [3.05, 3.63) is 69.3 Å². The molecular weight excluding hydrogens is 595 g/mol. The number of anilines is 1. The Labute approximate surface area is 249 Å². The van der Waals surface area contributed by atoms with Crippen molar-refractivity contribution < 1.29 is 23.8 Å². The van der Waals surface area contributed by atoms with Crippen molar-refractivity contribution in [2.45, 2.75) is 31.7 Å². The molecule has 13 heteroatoms. The molecule has 210 valence electrons. The molecule has 2 heterocycles. The number of nitrogens with one attached hydrogen (secondary N) is 1. The number of thiophene rings is 1. The van der Waals surface area contributed by atoms with Crippen molar-refractivity contribution in [3.63, 3.8) is 0 Å². The fourth-order valence-corrected chi connectivity index (χ4v) is 6.09. The van der Waals surface area contributed by atoms with Gasteiger partial charge in [0, 0.05) is 22.5 Å². The van der Waals surface area contributed by atoms with Crippen LogP contribution in [0, 0.1) is 0 Å². The zero-order valence-corrected chi connectivity index (χ0v) is 25.2. The van der Waals surface area contributed by atoms with Crippen LogP contribution in [0.15, 0.2) is 53.0 Å². The van der Waals surface area contributed by atoms with Gasteiger partial charge in [-0.1, -0.05) is 47.1 Å². The predicted molar refractivity (Wildman–Crippen MR) is 158 cm³/mol. The molecule has 1 atom stereocenters. The van der Waals surface area contributed by atoms with Gasteiger partial charge in [0.25, 0.3) is 0 Å². The largest absolute Gasteiger partial charge is 0.497 e. The minimum atomic E-state index is -0.542. The van der Waals surface area contributed by atoms with Gasteiger partial charge in [-0.25, -0.2) is 4.79 Å². The van der Waals surface area contributed by atoms with E-state index in [0.29, 0.717) is 55.2 Å². The van der Waals surface area contributed by atoms with Crippen molar-refractivity contribution in [1.82, 2.24) is 14.8 Å². The third-order valence-electron chi connectivity index (χ3n) is 5.79. The van der Waals surface area contributed by atoms with Gasteiger partial charge in [0.1, 0.15) is 22.1 Å². The SMILES string of the molecule is CCn1c(SCC(=O)Nc2scc(-c3ccc(OC)cc3)c2C(=O)OC)nnc1C(C)Oc1ccc(Cl)cc1Cl. The number of carbonyl (C=O) groups excluding carboxylic acids is 2. The van der Waals surface area contributed by atoms with Gasteiger partial charge in [-0.3, -0.25) is 4.79 Å². The summed E-state index contributed by atoms with van der Waals surface area (Å²) in [6.07, 6.45) is -0.459. The minimum absolute atomic E-state index is 0.0484. The maximum Gasteiger partial charge on any atom is 0.341 e. The molecule has 9 nitrogen and oxygen atoms in total. The summed E-state index contributed by atoms with van der Waals surface area (Å²) in [5.41, 5.74) is 1.75. The molecule has 1 N–H and O–H groups in total. The monoisotopic (exact) mass is 620 g/mol. The third-order valence-corrected chi connectivity index (χ3v) is 8.18. The standard InChI is InChI=1S/C27H26Cl2N4O5S2/c1-5-33-24(15(2)38-21-11-8-17(28)12-20(21)29)31-32-27(33)40-14-22(34)30-25-23(26(35)37-4)19(13-39-25)16-6-9-18(36-3)10-7-16/h6-13,15H,5,14H2,1-4H3,(H,30,34). The van der Waals surface area contributed by atoms with Crippen LogP contribution >= 0.6 is 46.3 Å². The Morgan fingerprint density at radius 3 is 2.52 bits per heavy atom. The molecule has 2 aromatic carbocycles. The van der Waals surface area contributed by atoms with Gasteiger partial charge in [-0.2, -0.15) is 0 Å². The summed E-state index contributed by atoms with van der Waals surface area (Å²) in [5.74, 6) is 0.966. The smallest absolute Gasteiger partial charge is 0.341 e. The Hall–Kier alpha value is -3.25. The van der Waals surface area contributed by atoms with Crippen LogP contribution in [0.25, 0.3) is 11.1 Å². The fourth-order valence-electron chi connectivity index (χ4n) is 3.85. The molecule has 0 radical (unpaired) electrons. The van der Waals surface area contributed by atoms with Gasteiger partial charge in [0.2, 0.25) is 5.91 Å². The van der Waals surface area contributed by atoms with Crippen LogP contribution in [0.1, 0.15) is 36.1 Å². The third kappa shape index (κ3) is 6.72. The van der Waals surface area contributed by atoms with E-state index in [1.54, 1.807) is 37.4 Å². The number of carbonyl (C=O) groups is 2. The summed E-state index contributed by atoms with van der Waals surface area (Å²) in [4.78, 5) is 25.6. The Bertz CT molecular complexity index is 1510. The van der Waals surface area contributed by atoms with Crippen LogP contribution in [-0.4, -0.2) is 46.6 Å². The van der Waals surface area contributed by atoms with Crippen LogP contribution in [0.2, 0.25) is 10.0 Å². The first-order valence-corrected chi connectivity index (χ1v) is 14.7. The number of thioether (sulfide) groups is 1. The normalized spacial score (nSPS) is 11.7. The molecular formula is C27H26Cl2N4O5S2. The second kappa shape index (κ2) is 13.4. The summed E-state index contributed by atoms with van der Waals surface area (Å²) in [7, 11) is 2.89. The maximum absolute atomic E-state index is 12.9. The molecule has 0 aliphatic carbocycles. The molecule has 4 aromatic rings. The van der Waals surface area contributed by atoms with Crippen molar-refractivity contribution in [3.8, 4) is 22.6 Å². The van der Waals surface area contributed by atoms with Crippen LogP contribution in [0.5, 0.6) is 11.5 Å². The molecule has 0 spiro atoms. The first-order chi connectivity index (χ1) is 19.2. The summed E-state index contributed by atoms with van der Waals surface area (Å²) in [6, 6.07) is 12.3. The first-order valence-electron chi connectivity index (χ1n) is 12.1. The van der Waals surface area contributed by atoms with E-state index >= 15 is 0 Å². The molecule has 1 amide bonds. The molecule has 0 saturated carbocycles. The van der Waals surface area contributed by atoms with E-state index < -0.39 is 12.1 Å². The highest BCUT2D eigenvalue weighted by Crippen LogP contribution is 2.37. The molecule has 0 aliphatic rings. The van der Waals surface area contributed by atoms with Gasteiger partial charge in [0.15, 0.2) is 17.1 Å². The molecule has 0 aliphatic heterocycles. The maximum atomic E-state index is 12.9. The van der Waals surface area contributed by atoms with E-state index in [1.165, 1.54) is 30.2 Å². The van der Waals surface area contributed by atoms with Crippen molar-refractivity contribution in [2.24, 2.45) is 0 Å². The van der Waals surface area contributed by atoms with Crippen molar-refractivity contribution >= 4 is 63.2 Å². The Kier molecular flexibility index (Phi) is 9.96. The molecule has 40 heavy (non-hydrogen) atoms. The van der Waals surface area contributed by atoms with Gasteiger partial charge in [-0.15, -0.1) is 21.5 Å². The molecule has 2 aromatic heterocycles. The number of methoxy groups -OCH3 is 2. The van der Waals surface area contributed by atoms with Crippen LogP contribution in [-0.2, 0) is 16.1 Å². The topological polar surface area (TPSA) is 105 Å². The summed E-state index contributed by atoms with van der Waals surface area (Å²) in [6.45, 7) is 4.36. The summed E-state index contributed by atoms with van der Waals surface area (Å²) < 4.78 is 18.1. The molecule has 0 fully saturated rings. The van der Waals surface area contributed by atoms with Crippen LogP contribution < -0.4 is 14.8 Å². The van der Waals surface area contributed by atoms with E-state index in [1.807, 2.05) is 35.9 Å². The number of amides is 1. The van der Waals surface area contributed by atoms with Gasteiger partial charge in [0.05, 0.1) is 25.0 Å². The quantitative estimate of drug-likeness (QED) is 0.141. The number of benzene rings is 2. The van der Waals surface area contributed by atoms with E-state index in [-0.39, 0.29) is 11.7 Å². The Morgan fingerprint density at radius 2 is 1.88 bits per heavy atom. The number of nitrogens with zero attached hydrogens (tertiary/aromatic N) is 3. The average Bonchev–Trinajstić information content (AvgIpc) is 3.57. The lowest BCUT2D eigenvalue weighted by molar-refractivity contribution is -0.113. The summed E-state index contributed by atoms with van der Waals surface area (Å²) >= 11 is 14.7. The lowest BCUT2D eigenvalue weighted by atomic mass is 10.0. The molecule has 1 unspecified atom stereocenters. The highest BCUT2D eigenvalue weighted by Gasteiger charge is 2.24. The zero-order valence-electron chi connectivity index (χ0n) is 22.1. The molecule has 0 saturated heterocycles. The van der Waals surface area contributed by atoms with E-state index in [0.717, 1.165) is 5.56 Å². The highest BCUT2D eigenvalue weighted by atomic mass is 35.5. The average molecular weight is 622 g/mol. The predicted octanol–water partition coefficient (Wildman–Crippen LogP) is 7.00. The summed E-state index contributed by atoms with van der Waals surface area (Å²) in [5, 5.41) is 15.1. The second-order valence-corrected chi connectivity index (χ2v) is 11.0. The van der Waals surface area contributed by atoms with Gasteiger partial charge in [-0.05, 0) is 49.7 Å². The highest BCUT2D eigenvalue weighted by molar-refractivity contribution is 7.99. The lowest BCUT2D eigenvalue weighted by Gasteiger charge is -2.16. The van der Waals surface area contributed by atoms with Gasteiger partial charge >= 0.3 is 5.97 Å². The number of aromatic nitrogens is 3. The Morgan fingerprint density at radius 1 is 1.12 bits per heavy atom. The van der Waals surface area contributed by atoms with Crippen molar-refractivity contribution in [1.29, 1.82) is 0 Å². The van der Waals surface area contributed by atoms with E-state index in [2.05, 4.69) is 15.5 Å². The number of rotatable bonds is 11. The van der Waals surface area contributed by atoms with Crippen LogP contribution in [0.4, 0.5) is 5.00 Å². The number of hydrogen-bond acceptors (Lipinski definition) is 9. The number of esters is 1. The number of hydrogen-bond donors (Lipinski definition) is 1. The van der Waals surface area contributed by atoms with Crippen LogP contribution in [0.3, 0.4) is 0 Å². The second-order valence-electron chi connectivity index (χ2n) is 8.33. The zero-order chi connectivity index (χ0) is 28.8. The molecule has 0 bridgehead atoms. The molecule has 4 rings (SSSR count). The van der Waals surface area contributed by atoms with E-state index in [4.69, 9.17) is 37.4 Å². The first kappa shape index (κ1) is 29.7. The van der Waals surface area contributed by atoms with Crippen molar-refractivity contribution in [2.75, 3.05) is 25.3 Å². The fraction of sp³-hybridized carbons (Fsp3) is 0.259. The number of halogens is 2. The number of ether oxygens (including phenoxy) is 3. The minimum Gasteiger partial charge on any atom is -0.497 e. The van der Waals surface area contributed by atoms with Gasteiger partial charge < -0.3 is 24.1 Å². The van der Waals surface area contributed by atoms with E-state index in [9.17, 15) is 9.59 Å².